The zero-order chi connectivity index (χ0) is 19.1. The number of nitrogens with one attached hydrogen (secondary N) is 1. The van der Waals surface area contributed by atoms with Gasteiger partial charge in [-0.05, 0) is 37.7 Å². The molecule has 0 aliphatic heterocycles. The molecule has 1 unspecified atom stereocenters. The van der Waals surface area contributed by atoms with Crippen LogP contribution in [0.5, 0.6) is 0 Å². The van der Waals surface area contributed by atoms with Gasteiger partial charge in [-0.25, -0.2) is 4.98 Å². The van der Waals surface area contributed by atoms with Gasteiger partial charge in [-0.2, -0.15) is 5.26 Å². The second-order valence-corrected chi connectivity index (χ2v) is 9.13. The summed E-state index contributed by atoms with van der Waals surface area (Å²) in [7, 11) is 1.70. The number of hydrogen-bond donors (Lipinski definition) is 1. The van der Waals surface area contributed by atoms with E-state index in [4.69, 9.17) is 0 Å². The molecule has 1 atom stereocenters. The van der Waals surface area contributed by atoms with Crippen LogP contribution < -0.4 is 10.9 Å². The smallest absolute Gasteiger partial charge is 0.262 e. The van der Waals surface area contributed by atoms with E-state index in [-0.39, 0.29) is 23.1 Å². The van der Waals surface area contributed by atoms with E-state index in [1.165, 1.54) is 21.2 Å². The minimum atomic E-state index is -0.907. The Labute approximate surface area is 160 Å². The lowest BCUT2D eigenvalue weighted by molar-refractivity contribution is -0.120. The highest BCUT2D eigenvalue weighted by atomic mass is 32.2. The van der Waals surface area contributed by atoms with Crippen molar-refractivity contribution < 1.29 is 4.79 Å². The maximum Gasteiger partial charge on any atom is 0.262 e. The number of aryl methyl sites for hydroxylation is 2. The maximum atomic E-state index is 12.8. The number of rotatable bonds is 5. The van der Waals surface area contributed by atoms with Crippen LogP contribution >= 0.6 is 23.1 Å². The number of amides is 1. The highest BCUT2D eigenvalue weighted by Crippen LogP contribution is 2.35. The SMILES string of the molecule is CC(C)C(C)(C#N)NC(=O)CSc1nc2sc3c(c2c(=O)n1C)CCC3. The fourth-order valence-electron chi connectivity index (χ4n) is 2.99. The van der Waals surface area contributed by atoms with Crippen molar-refractivity contribution in [3.05, 3.63) is 20.8 Å². The van der Waals surface area contributed by atoms with E-state index in [9.17, 15) is 14.9 Å². The molecule has 1 N–H and O–H groups in total. The summed E-state index contributed by atoms with van der Waals surface area (Å²) in [6.07, 6.45) is 3.07. The molecule has 2 aromatic heterocycles. The lowest BCUT2D eigenvalue weighted by Gasteiger charge is -2.27. The van der Waals surface area contributed by atoms with E-state index in [1.54, 1.807) is 25.3 Å². The van der Waals surface area contributed by atoms with Gasteiger partial charge in [0.15, 0.2) is 5.16 Å². The van der Waals surface area contributed by atoms with E-state index in [0.717, 1.165) is 35.0 Å². The number of nitriles is 1. The zero-order valence-corrected chi connectivity index (χ0v) is 17.0. The van der Waals surface area contributed by atoms with Crippen molar-refractivity contribution >= 4 is 39.2 Å². The molecule has 138 valence electrons. The van der Waals surface area contributed by atoms with Crippen molar-refractivity contribution in [3.63, 3.8) is 0 Å². The largest absolute Gasteiger partial charge is 0.337 e. The maximum absolute atomic E-state index is 12.8. The zero-order valence-electron chi connectivity index (χ0n) is 15.4. The number of carbonyl (C=O) groups excluding carboxylic acids is 1. The number of thioether (sulfide) groups is 1. The molecule has 6 nitrogen and oxygen atoms in total. The Bertz CT molecular complexity index is 970. The Hall–Kier alpha value is -1.85. The van der Waals surface area contributed by atoms with Crippen molar-refractivity contribution in [2.75, 3.05) is 5.75 Å². The molecule has 0 saturated carbocycles. The fraction of sp³-hybridized carbons (Fsp3) is 0.556. The molecule has 0 bridgehead atoms. The van der Waals surface area contributed by atoms with Crippen molar-refractivity contribution in [1.29, 1.82) is 5.26 Å². The van der Waals surface area contributed by atoms with Crippen molar-refractivity contribution in [3.8, 4) is 6.07 Å². The van der Waals surface area contributed by atoms with Crippen LogP contribution in [-0.2, 0) is 24.7 Å². The first kappa shape index (κ1) is 18.9. The fourth-order valence-corrected chi connectivity index (χ4v) is 5.07. The molecule has 1 amide bonds. The van der Waals surface area contributed by atoms with Crippen LogP contribution in [-0.4, -0.2) is 26.8 Å². The van der Waals surface area contributed by atoms with Gasteiger partial charge in [-0.15, -0.1) is 11.3 Å². The predicted octanol–water partition coefficient (Wildman–Crippen LogP) is 2.63. The van der Waals surface area contributed by atoms with E-state index < -0.39 is 5.54 Å². The van der Waals surface area contributed by atoms with E-state index in [0.29, 0.717) is 5.16 Å². The summed E-state index contributed by atoms with van der Waals surface area (Å²) < 4.78 is 1.53. The van der Waals surface area contributed by atoms with E-state index >= 15 is 0 Å². The molecule has 0 saturated heterocycles. The van der Waals surface area contributed by atoms with E-state index in [2.05, 4.69) is 16.4 Å². The highest BCUT2D eigenvalue weighted by Gasteiger charge is 2.30. The summed E-state index contributed by atoms with van der Waals surface area (Å²) >= 11 is 2.82. The molecule has 1 aliphatic carbocycles. The molecule has 1 aliphatic rings. The summed E-state index contributed by atoms with van der Waals surface area (Å²) in [5, 5.41) is 13.4. The van der Waals surface area contributed by atoms with Gasteiger partial charge in [0.05, 0.1) is 17.2 Å². The Morgan fingerprint density at radius 1 is 1.50 bits per heavy atom. The van der Waals surface area contributed by atoms with Gasteiger partial charge >= 0.3 is 0 Å². The third-order valence-electron chi connectivity index (χ3n) is 5.02. The number of hydrogen-bond acceptors (Lipinski definition) is 6. The second kappa shape index (κ2) is 7.05. The summed E-state index contributed by atoms with van der Waals surface area (Å²) in [6, 6.07) is 2.16. The molecule has 2 heterocycles. The number of fused-ring (bicyclic) bond motifs is 3. The monoisotopic (exact) mass is 390 g/mol. The standard InChI is InChI=1S/C18H22N4O2S2/c1-10(2)18(3,9-19)21-13(23)8-25-17-20-15-14(16(24)22(17)4)11-6-5-7-12(11)26-15/h10H,5-8H2,1-4H3,(H,21,23). The van der Waals surface area contributed by atoms with Crippen LogP contribution in [0, 0.1) is 17.2 Å². The molecular weight excluding hydrogens is 368 g/mol. The van der Waals surface area contributed by atoms with Gasteiger partial charge in [0.2, 0.25) is 5.91 Å². The first-order chi connectivity index (χ1) is 12.3. The highest BCUT2D eigenvalue weighted by molar-refractivity contribution is 7.99. The first-order valence-corrected chi connectivity index (χ1v) is 10.4. The van der Waals surface area contributed by atoms with Crippen molar-refractivity contribution in [2.24, 2.45) is 13.0 Å². The third-order valence-corrected chi connectivity index (χ3v) is 7.24. The van der Waals surface area contributed by atoms with Crippen LogP contribution in [0.25, 0.3) is 10.2 Å². The van der Waals surface area contributed by atoms with Crippen LogP contribution in [0.1, 0.15) is 37.6 Å². The Morgan fingerprint density at radius 2 is 2.23 bits per heavy atom. The lowest BCUT2D eigenvalue weighted by atomic mass is 9.90. The van der Waals surface area contributed by atoms with Gasteiger partial charge in [0.25, 0.3) is 5.56 Å². The van der Waals surface area contributed by atoms with Gasteiger partial charge in [0.1, 0.15) is 10.4 Å². The molecule has 0 radical (unpaired) electrons. The quantitative estimate of drug-likeness (QED) is 0.626. The van der Waals surface area contributed by atoms with Crippen LogP contribution in [0.15, 0.2) is 9.95 Å². The van der Waals surface area contributed by atoms with E-state index in [1.807, 2.05) is 13.8 Å². The molecule has 3 rings (SSSR count). The predicted molar refractivity (Wildman–Crippen MR) is 105 cm³/mol. The third kappa shape index (κ3) is 3.26. The molecule has 0 spiro atoms. The molecule has 2 aromatic rings. The number of thiophene rings is 1. The molecule has 0 aromatic carbocycles. The van der Waals surface area contributed by atoms with Crippen molar-refractivity contribution in [1.82, 2.24) is 14.9 Å². The Kier molecular flexibility index (Phi) is 5.13. The Balaban J connectivity index is 1.80. The van der Waals surface area contributed by atoms with Gasteiger partial charge in [-0.3, -0.25) is 14.2 Å². The summed E-state index contributed by atoms with van der Waals surface area (Å²) in [4.78, 5) is 31.7. The topological polar surface area (TPSA) is 87.8 Å². The molecular formula is C18H22N4O2S2. The summed E-state index contributed by atoms with van der Waals surface area (Å²) in [5.41, 5.74) is 0.214. The summed E-state index contributed by atoms with van der Waals surface area (Å²) in [6.45, 7) is 5.51. The molecule has 0 fully saturated rings. The van der Waals surface area contributed by atoms with Crippen LogP contribution in [0.4, 0.5) is 0 Å². The minimum Gasteiger partial charge on any atom is -0.337 e. The lowest BCUT2D eigenvalue weighted by Crippen LogP contribution is -2.49. The first-order valence-electron chi connectivity index (χ1n) is 8.63. The number of aromatic nitrogens is 2. The van der Waals surface area contributed by atoms with Crippen LogP contribution in [0.3, 0.4) is 0 Å². The van der Waals surface area contributed by atoms with Gasteiger partial charge in [-0.1, -0.05) is 25.6 Å². The van der Waals surface area contributed by atoms with Gasteiger partial charge < -0.3 is 5.32 Å². The second-order valence-electron chi connectivity index (χ2n) is 7.10. The van der Waals surface area contributed by atoms with Crippen LogP contribution in [0.2, 0.25) is 0 Å². The van der Waals surface area contributed by atoms with Gasteiger partial charge in [0, 0.05) is 11.9 Å². The Morgan fingerprint density at radius 3 is 2.88 bits per heavy atom. The average Bonchev–Trinajstić information content (AvgIpc) is 3.17. The number of carbonyl (C=O) groups is 1. The average molecular weight is 391 g/mol. The molecule has 26 heavy (non-hydrogen) atoms. The molecule has 8 heteroatoms. The number of nitrogens with zero attached hydrogens (tertiary/aromatic N) is 3. The summed E-state index contributed by atoms with van der Waals surface area (Å²) in [5.74, 6) is -0.134. The van der Waals surface area contributed by atoms with Crippen molar-refractivity contribution in [2.45, 2.75) is 50.7 Å². The normalized spacial score (nSPS) is 15.7. The minimum absolute atomic E-state index is 0.00575.